The van der Waals surface area contributed by atoms with E-state index in [1.54, 1.807) is 21.0 Å². The second-order valence-corrected chi connectivity index (χ2v) is 10.4. The Bertz CT molecular complexity index is 1230. The zero-order valence-electron chi connectivity index (χ0n) is 23.8. The van der Waals surface area contributed by atoms with Crippen molar-refractivity contribution in [1.29, 1.82) is 0 Å². The maximum atomic E-state index is 12.8. The summed E-state index contributed by atoms with van der Waals surface area (Å²) in [4.78, 5) is 30.5. The molecule has 1 fully saturated rings. The second kappa shape index (κ2) is 12.9. The predicted octanol–water partition coefficient (Wildman–Crippen LogP) is 4.07. The van der Waals surface area contributed by atoms with Crippen molar-refractivity contribution < 1.29 is 9.53 Å². The van der Waals surface area contributed by atoms with Gasteiger partial charge in [0.1, 0.15) is 5.75 Å². The maximum absolute atomic E-state index is 12.8. The van der Waals surface area contributed by atoms with Gasteiger partial charge in [-0.3, -0.25) is 9.78 Å². The molecule has 0 radical (unpaired) electrons. The summed E-state index contributed by atoms with van der Waals surface area (Å²) in [7, 11) is 1.70. The number of anilines is 2. The number of nitrogen functional groups attached to an aromatic ring is 1. The van der Waals surface area contributed by atoms with Crippen molar-refractivity contribution in [2.75, 3.05) is 37.4 Å². The van der Waals surface area contributed by atoms with Crippen LogP contribution in [0.25, 0.3) is 0 Å². The number of aryl methyl sites for hydroxylation is 3. The van der Waals surface area contributed by atoms with Gasteiger partial charge in [-0.2, -0.15) is 0 Å². The third-order valence-corrected chi connectivity index (χ3v) is 7.82. The highest BCUT2D eigenvalue weighted by Gasteiger charge is 2.28. The van der Waals surface area contributed by atoms with Crippen molar-refractivity contribution in [3.8, 4) is 5.75 Å². The number of hydrogen-bond acceptors (Lipinski definition) is 8. The van der Waals surface area contributed by atoms with Crippen molar-refractivity contribution >= 4 is 17.5 Å². The number of benzene rings is 1. The van der Waals surface area contributed by atoms with Gasteiger partial charge in [0, 0.05) is 56.3 Å². The zero-order valence-corrected chi connectivity index (χ0v) is 23.8. The third kappa shape index (κ3) is 7.03. The molecular formula is C30H41N7O2. The first-order valence-electron chi connectivity index (χ1n) is 13.7. The first-order chi connectivity index (χ1) is 18.8. The van der Waals surface area contributed by atoms with Gasteiger partial charge in [-0.25, -0.2) is 9.97 Å². The number of nitrogens with one attached hydrogen (secondary N) is 1. The standard InChI is InChI=1S/C30H41N7O2/c1-20-10-14-32-18-24(20)19-37(25-6-8-27(39-5)9-7-25)26-12-16-36(17-13-26)21(2)11-15-33-29(38)28-22(3)34-30(31)35-23(28)4/h6-10,14,18,21,26H,11-13,15-17,19H2,1-5H3,(H,33,38)(H2,31,34,35)/t21-/m1/s1. The van der Waals surface area contributed by atoms with E-state index in [-0.39, 0.29) is 11.9 Å². The number of ether oxygens (including phenoxy) is 1. The number of nitrogens with zero attached hydrogens (tertiary/aromatic N) is 5. The van der Waals surface area contributed by atoms with E-state index in [9.17, 15) is 4.79 Å². The summed E-state index contributed by atoms with van der Waals surface area (Å²) in [5.41, 5.74) is 11.1. The van der Waals surface area contributed by atoms with Gasteiger partial charge in [-0.05, 0) is 88.4 Å². The summed E-state index contributed by atoms with van der Waals surface area (Å²) < 4.78 is 5.39. The minimum Gasteiger partial charge on any atom is -0.497 e. The van der Waals surface area contributed by atoms with E-state index in [2.05, 4.69) is 62.1 Å². The van der Waals surface area contributed by atoms with Crippen LogP contribution in [-0.2, 0) is 6.54 Å². The number of methoxy groups -OCH3 is 1. The average Bonchev–Trinajstić information content (AvgIpc) is 2.92. The van der Waals surface area contributed by atoms with Gasteiger partial charge < -0.3 is 25.6 Å². The average molecular weight is 532 g/mol. The van der Waals surface area contributed by atoms with Gasteiger partial charge in [0.15, 0.2) is 0 Å². The smallest absolute Gasteiger partial charge is 0.254 e. The van der Waals surface area contributed by atoms with Crippen molar-refractivity contribution in [2.45, 2.75) is 65.6 Å². The molecule has 1 atom stereocenters. The van der Waals surface area contributed by atoms with Gasteiger partial charge in [-0.15, -0.1) is 0 Å². The Morgan fingerprint density at radius 2 is 1.79 bits per heavy atom. The van der Waals surface area contributed by atoms with Crippen LogP contribution < -0.4 is 20.7 Å². The van der Waals surface area contributed by atoms with Gasteiger partial charge in [0.2, 0.25) is 5.95 Å². The fourth-order valence-corrected chi connectivity index (χ4v) is 5.43. The Hall–Kier alpha value is -3.72. The molecule has 3 aromatic rings. The molecule has 208 valence electrons. The minimum absolute atomic E-state index is 0.142. The molecule has 9 nitrogen and oxygen atoms in total. The van der Waals surface area contributed by atoms with Crippen molar-refractivity contribution in [2.24, 2.45) is 0 Å². The third-order valence-electron chi connectivity index (χ3n) is 7.82. The van der Waals surface area contributed by atoms with E-state index in [0.717, 1.165) is 44.6 Å². The lowest BCUT2D eigenvalue weighted by Gasteiger charge is -2.42. The number of pyridine rings is 1. The van der Waals surface area contributed by atoms with E-state index >= 15 is 0 Å². The first-order valence-corrected chi connectivity index (χ1v) is 13.7. The number of amides is 1. The lowest BCUT2D eigenvalue weighted by Crippen LogP contribution is -2.48. The van der Waals surface area contributed by atoms with E-state index in [0.29, 0.717) is 35.6 Å². The zero-order chi connectivity index (χ0) is 27.9. The Morgan fingerprint density at radius 1 is 1.13 bits per heavy atom. The summed E-state index contributed by atoms with van der Waals surface area (Å²) in [5.74, 6) is 0.915. The molecule has 3 N–H and O–H groups in total. The van der Waals surface area contributed by atoms with Crippen LogP contribution in [-0.4, -0.2) is 64.6 Å². The molecule has 39 heavy (non-hydrogen) atoms. The fourth-order valence-electron chi connectivity index (χ4n) is 5.43. The van der Waals surface area contributed by atoms with Gasteiger partial charge in [0.05, 0.1) is 24.1 Å². The summed E-state index contributed by atoms with van der Waals surface area (Å²) in [6, 6.07) is 11.2. The van der Waals surface area contributed by atoms with Gasteiger partial charge in [-0.1, -0.05) is 0 Å². The number of hydrogen-bond donors (Lipinski definition) is 2. The highest BCUT2D eigenvalue weighted by molar-refractivity contribution is 5.96. The molecule has 0 saturated carbocycles. The number of aromatic nitrogens is 3. The van der Waals surface area contributed by atoms with Crippen molar-refractivity contribution in [3.63, 3.8) is 0 Å². The normalized spacial score (nSPS) is 15.1. The minimum atomic E-state index is -0.142. The van der Waals surface area contributed by atoms with Gasteiger partial charge in [0.25, 0.3) is 5.91 Å². The molecule has 3 heterocycles. The largest absolute Gasteiger partial charge is 0.497 e. The second-order valence-electron chi connectivity index (χ2n) is 10.4. The maximum Gasteiger partial charge on any atom is 0.254 e. The SMILES string of the molecule is COc1ccc(N(Cc2cnccc2C)C2CCN([C@H](C)CCNC(=O)c3c(C)nc(N)nc3C)CC2)cc1. The fraction of sp³-hybridized carbons (Fsp3) is 0.467. The van der Waals surface area contributed by atoms with Crippen LogP contribution in [0.5, 0.6) is 5.75 Å². The van der Waals surface area contributed by atoms with Crippen LogP contribution in [0.2, 0.25) is 0 Å². The number of carbonyl (C=O) groups is 1. The first kappa shape index (κ1) is 28.3. The van der Waals surface area contributed by atoms with Crippen LogP contribution in [0.1, 0.15) is 59.1 Å². The molecule has 2 aromatic heterocycles. The van der Waals surface area contributed by atoms with Crippen LogP contribution in [0.3, 0.4) is 0 Å². The lowest BCUT2D eigenvalue weighted by molar-refractivity contribution is 0.0943. The number of nitrogens with two attached hydrogens (primary N) is 1. The molecule has 0 unspecified atom stereocenters. The molecule has 0 aliphatic carbocycles. The Kier molecular flexibility index (Phi) is 9.35. The van der Waals surface area contributed by atoms with Crippen LogP contribution in [0, 0.1) is 20.8 Å². The number of rotatable bonds is 10. The van der Waals surface area contributed by atoms with E-state index in [1.165, 1.54) is 16.8 Å². The van der Waals surface area contributed by atoms with Crippen molar-refractivity contribution in [3.05, 3.63) is 70.8 Å². The molecule has 1 aliphatic rings. The molecule has 1 amide bonds. The van der Waals surface area contributed by atoms with Crippen molar-refractivity contribution in [1.82, 2.24) is 25.2 Å². The molecule has 4 rings (SSSR count). The lowest BCUT2D eigenvalue weighted by atomic mass is 9.99. The molecule has 1 aliphatic heterocycles. The number of carbonyl (C=O) groups excluding carboxylic acids is 1. The monoisotopic (exact) mass is 531 g/mol. The summed E-state index contributed by atoms with van der Waals surface area (Å²) in [6.07, 6.45) is 6.86. The van der Waals surface area contributed by atoms with Gasteiger partial charge >= 0.3 is 0 Å². The molecule has 0 bridgehead atoms. The molecular weight excluding hydrogens is 490 g/mol. The number of piperidine rings is 1. The molecule has 0 spiro atoms. The Labute approximate surface area is 231 Å². The Balaban J connectivity index is 1.34. The van der Waals surface area contributed by atoms with Crippen LogP contribution >= 0.6 is 0 Å². The Morgan fingerprint density at radius 3 is 2.41 bits per heavy atom. The summed E-state index contributed by atoms with van der Waals surface area (Å²) >= 11 is 0. The quantitative estimate of drug-likeness (QED) is 0.403. The predicted molar refractivity (Wildman–Crippen MR) is 155 cm³/mol. The van der Waals surface area contributed by atoms with E-state index < -0.39 is 0 Å². The van der Waals surface area contributed by atoms with Crippen LogP contribution in [0.4, 0.5) is 11.6 Å². The van der Waals surface area contributed by atoms with E-state index in [1.807, 2.05) is 24.5 Å². The van der Waals surface area contributed by atoms with Crippen LogP contribution in [0.15, 0.2) is 42.7 Å². The van der Waals surface area contributed by atoms with E-state index in [4.69, 9.17) is 10.5 Å². The number of likely N-dealkylation sites (tertiary alicyclic amines) is 1. The highest BCUT2D eigenvalue weighted by Crippen LogP contribution is 2.29. The topological polar surface area (TPSA) is 110 Å². The summed E-state index contributed by atoms with van der Waals surface area (Å²) in [6.45, 7) is 11.4. The molecule has 1 saturated heterocycles. The summed E-state index contributed by atoms with van der Waals surface area (Å²) in [5, 5.41) is 3.05. The molecule has 1 aromatic carbocycles. The molecule has 9 heteroatoms. The highest BCUT2D eigenvalue weighted by atomic mass is 16.5.